The molecule has 0 aliphatic carbocycles. The van der Waals surface area contributed by atoms with Crippen LogP contribution in [0.3, 0.4) is 0 Å². The quantitative estimate of drug-likeness (QED) is 0.679. The van der Waals surface area contributed by atoms with Crippen molar-refractivity contribution in [3.05, 3.63) is 59.9 Å². The summed E-state index contributed by atoms with van der Waals surface area (Å²) >= 11 is 0. The van der Waals surface area contributed by atoms with Gasteiger partial charge in [0, 0.05) is 0 Å². The van der Waals surface area contributed by atoms with Gasteiger partial charge < -0.3 is 4.74 Å². The first-order valence-corrected chi connectivity index (χ1v) is 6.86. The van der Waals surface area contributed by atoms with E-state index in [0.717, 1.165) is 33.6 Å². The topological polar surface area (TPSA) is 39.9 Å². The van der Waals surface area contributed by atoms with Crippen molar-refractivity contribution in [3.8, 4) is 11.4 Å². The van der Waals surface area contributed by atoms with Crippen molar-refractivity contribution in [2.45, 2.75) is 20.8 Å². The van der Waals surface area contributed by atoms with E-state index in [9.17, 15) is 0 Å². The highest BCUT2D eigenvalue weighted by Gasteiger charge is 2.10. The number of hydrogen-bond donors (Lipinski definition) is 0. The first-order chi connectivity index (χ1) is 10.1. The van der Waals surface area contributed by atoms with Crippen LogP contribution in [0.2, 0.25) is 0 Å². The predicted octanol–water partition coefficient (Wildman–Crippen LogP) is 4.03. The Morgan fingerprint density at radius 2 is 1.71 bits per heavy atom. The molecule has 0 saturated carbocycles. The summed E-state index contributed by atoms with van der Waals surface area (Å²) in [7, 11) is 0. The first kappa shape index (κ1) is 13.4. The molecule has 0 saturated heterocycles. The van der Waals surface area contributed by atoms with Gasteiger partial charge >= 0.3 is 0 Å². The van der Waals surface area contributed by atoms with Gasteiger partial charge in [0.25, 0.3) is 0 Å². The highest BCUT2D eigenvalue weighted by Crippen LogP contribution is 2.24. The van der Waals surface area contributed by atoms with Crippen LogP contribution >= 0.6 is 0 Å². The molecule has 0 fully saturated rings. The van der Waals surface area contributed by atoms with Crippen LogP contribution in [0, 0.1) is 6.92 Å². The van der Waals surface area contributed by atoms with Crippen LogP contribution in [0.4, 0.5) is 0 Å². The summed E-state index contributed by atoms with van der Waals surface area (Å²) in [6, 6.07) is 13.8. The van der Waals surface area contributed by atoms with Gasteiger partial charge in [-0.05, 0) is 56.2 Å². The van der Waals surface area contributed by atoms with Crippen molar-refractivity contribution < 1.29 is 4.74 Å². The Bertz CT molecular complexity index is 781. The molecule has 4 nitrogen and oxygen atoms in total. The molecule has 0 radical (unpaired) electrons. The fraction of sp³-hybridized carbons (Fsp3) is 0.176. The van der Waals surface area contributed by atoms with Gasteiger partial charge in [0.05, 0.1) is 6.26 Å². The van der Waals surface area contributed by atoms with Gasteiger partial charge in [0.1, 0.15) is 16.7 Å². The lowest BCUT2D eigenvalue weighted by molar-refractivity contribution is 0.469. The SMILES string of the molecule is CC(C)=COc1ccc(C)cc1-n1nc2ccccc2n1. The van der Waals surface area contributed by atoms with E-state index in [1.807, 2.05) is 63.2 Å². The molecule has 0 spiro atoms. The summed E-state index contributed by atoms with van der Waals surface area (Å²) in [6.45, 7) is 6.03. The summed E-state index contributed by atoms with van der Waals surface area (Å²) in [5, 5.41) is 9.03. The first-order valence-electron chi connectivity index (χ1n) is 6.86. The summed E-state index contributed by atoms with van der Waals surface area (Å²) in [6.07, 6.45) is 1.73. The van der Waals surface area contributed by atoms with E-state index in [-0.39, 0.29) is 0 Å². The Kier molecular flexibility index (Phi) is 3.44. The molecule has 0 atom stereocenters. The van der Waals surface area contributed by atoms with Crippen LogP contribution < -0.4 is 4.74 Å². The van der Waals surface area contributed by atoms with Gasteiger partial charge in [-0.3, -0.25) is 0 Å². The number of aromatic nitrogens is 3. The number of aryl methyl sites for hydroxylation is 1. The third-order valence-electron chi connectivity index (χ3n) is 3.04. The maximum atomic E-state index is 5.74. The molecule has 0 aliphatic rings. The molecule has 0 bridgehead atoms. The van der Waals surface area contributed by atoms with E-state index in [4.69, 9.17) is 4.74 Å². The van der Waals surface area contributed by atoms with Gasteiger partial charge in [-0.25, -0.2) is 0 Å². The summed E-state index contributed by atoms with van der Waals surface area (Å²) in [5.41, 5.74) is 4.80. The summed E-state index contributed by atoms with van der Waals surface area (Å²) in [5.74, 6) is 0.738. The minimum absolute atomic E-state index is 0.738. The Balaban J connectivity index is 2.11. The molecule has 4 heteroatoms. The minimum Gasteiger partial charge on any atom is -0.463 e. The monoisotopic (exact) mass is 279 g/mol. The number of allylic oxidation sites excluding steroid dienone is 1. The molecule has 106 valence electrons. The van der Waals surface area contributed by atoms with Crippen molar-refractivity contribution >= 4 is 11.0 Å². The zero-order chi connectivity index (χ0) is 14.8. The molecule has 1 heterocycles. The van der Waals surface area contributed by atoms with Gasteiger partial charge in [-0.15, -0.1) is 15.0 Å². The van der Waals surface area contributed by atoms with Crippen LogP contribution in [-0.4, -0.2) is 15.0 Å². The molecule has 0 N–H and O–H groups in total. The molecule has 3 rings (SSSR count). The maximum Gasteiger partial charge on any atom is 0.154 e. The fourth-order valence-corrected chi connectivity index (χ4v) is 2.03. The second-order valence-electron chi connectivity index (χ2n) is 5.26. The van der Waals surface area contributed by atoms with Crippen molar-refractivity contribution in [1.82, 2.24) is 15.0 Å². The Morgan fingerprint density at radius 1 is 1.05 bits per heavy atom. The molecule has 21 heavy (non-hydrogen) atoms. The van der Waals surface area contributed by atoms with Crippen LogP contribution in [0.25, 0.3) is 16.7 Å². The second kappa shape index (κ2) is 5.40. The average Bonchev–Trinajstić information content (AvgIpc) is 2.89. The molecule has 0 amide bonds. The van der Waals surface area contributed by atoms with Crippen molar-refractivity contribution in [1.29, 1.82) is 0 Å². The van der Waals surface area contributed by atoms with Crippen molar-refractivity contribution in [2.75, 3.05) is 0 Å². The Labute approximate surface area is 123 Å². The van der Waals surface area contributed by atoms with Crippen LogP contribution in [0.15, 0.2) is 54.3 Å². The van der Waals surface area contributed by atoms with Gasteiger partial charge in [-0.2, -0.15) is 0 Å². The maximum absolute atomic E-state index is 5.74. The number of hydrogen-bond acceptors (Lipinski definition) is 3. The summed E-state index contributed by atoms with van der Waals surface area (Å²) < 4.78 is 5.74. The highest BCUT2D eigenvalue weighted by atomic mass is 16.5. The number of nitrogens with zero attached hydrogens (tertiary/aromatic N) is 3. The van der Waals surface area contributed by atoms with E-state index in [1.54, 1.807) is 11.1 Å². The normalized spacial score (nSPS) is 10.6. The lowest BCUT2D eigenvalue weighted by Crippen LogP contribution is -2.02. The third-order valence-corrected chi connectivity index (χ3v) is 3.04. The standard InChI is InChI=1S/C17H17N3O/c1-12(2)11-21-17-9-8-13(3)10-16(17)20-18-14-6-4-5-7-15(14)19-20/h4-11H,1-3H3. The highest BCUT2D eigenvalue weighted by molar-refractivity contribution is 5.73. The molecule has 0 aliphatic heterocycles. The third kappa shape index (κ3) is 2.79. The van der Waals surface area contributed by atoms with Crippen molar-refractivity contribution in [3.63, 3.8) is 0 Å². The molecule has 1 aromatic heterocycles. The average molecular weight is 279 g/mol. The number of fused-ring (bicyclic) bond motifs is 1. The Hall–Kier alpha value is -2.62. The molecular weight excluding hydrogens is 262 g/mol. The Morgan fingerprint density at radius 3 is 2.33 bits per heavy atom. The van der Waals surface area contributed by atoms with Crippen LogP contribution in [0.5, 0.6) is 5.75 Å². The van der Waals surface area contributed by atoms with E-state index in [0.29, 0.717) is 0 Å². The molecule has 0 unspecified atom stereocenters. The van der Waals surface area contributed by atoms with Gasteiger partial charge in [0.2, 0.25) is 0 Å². The predicted molar refractivity (Wildman–Crippen MR) is 83.7 cm³/mol. The summed E-state index contributed by atoms with van der Waals surface area (Å²) in [4.78, 5) is 1.63. The van der Waals surface area contributed by atoms with E-state index < -0.39 is 0 Å². The fourth-order valence-electron chi connectivity index (χ4n) is 2.03. The second-order valence-corrected chi connectivity index (χ2v) is 5.26. The smallest absolute Gasteiger partial charge is 0.154 e. The van der Waals surface area contributed by atoms with E-state index >= 15 is 0 Å². The number of rotatable bonds is 3. The lowest BCUT2D eigenvalue weighted by atomic mass is 10.2. The van der Waals surface area contributed by atoms with Crippen LogP contribution in [0.1, 0.15) is 19.4 Å². The van der Waals surface area contributed by atoms with E-state index in [2.05, 4.69) is 10.2 Å². The zero-order valence-corrected chi connectivity index (χ0v) is 12.4. The minimum atomic E-state index is 0.738. The molecular formula is C17H17N3O. The molecule has 3 aromatic rings. The van der Waals surface area contributed by atoms with Crippen LogP contribution in [-0.2, 0) is 0 Å². The van der Waals surface area contributed by atoms with Gasteiger partial charge in [0.15, 0.2) is 5.75 Å². The van der Waals surface area contributed by atoms with Crippen molar-refractivity contribution in [2.24, 2.45) is 0 Å². The zero-order valence-electron chi connectivity index (χ0n) is 12.4. The van der Waals surface area contributed by atoms with E-state index in [1.165, 1.54) is 0 Å². The molecule has 2 aromatic carbocycles. The van der Waals surface area contributed by atoms with Gasteiger partial charge in [-0.1, -0.05) is 18.2 Å². The number of benzene rings is 2. The lowest BCUT2D eigenvalue weighted by Gasteiger charge is -2.08. The largest absolute Gasteiger partial charge is 0.463 e. The number of ether oxygens (including phenoxy) is 1.